The fourth-order valence-electron chi connectivity index (χ4n) is 2.22. The SMILES string of the molecule is CS(=O)(=O)c1c(N2CCC(CN)CC2)noc1N. The van der Waals surface area contributed by atoms with Gasteiger partial charge in [0.2, 0.25) is 5.88 Å². The second-order valence-corrected chi connectivity index (χ2v) is 6.59. The molecular formula is C10H18N4O3S. The van der Waals surface area contributed by atoms with Gasteiger partial charge in [-0.05, 0) is 25.3 Å². The van der Waals surface area contributed by atoms with Crippen LogP contribution in [0.25, 0.3) is 0 Å². The normalized spacial score (nSPS) is 18.2. The van der Waals surface area contributed by atoms with E-state index in [0.717, 1.165) is 32.2 Å². The maximum absolute atomic E-state index is 11.7. The summed E-state index contributed by atoms with van der Waals surface area (Å²) in [6, 6.07) is 0. The largest absolute Gasteiger partial charge is 0.366 e. The van der Waals surface area contributed by atoms with Crippen molar-refractivity contribution in [3.63, 3.8) is 0 Å². The average molecular weight is 274 g/mol. The fraction of sp³-hybridized carbons (Fsp3) is 0.700. The van der Waals surface area contributed by atoms with Gasteiger partial charge in [0.05, 0.1) is 0 Å². The number of nitrogens with zero attached hydrogens (tertiary/aromatic N) is 2. The summed E-state index contributed by atoms with van der Waals surface area (Å²) in [5.41, 5.74) is 11.2. The van der Waals surface area contributed by atoms with Crippen LogP contribution < -0.4 is 16.4 Å². The Balaban J connectivity index is 2.25. The maximum atomic E-state index is 11.7. The van der Waals surface area contributed by atoms with E-state index in [-0.39, 0.29) is 10.8 Å². The molecule has 0 bridgehead atoms. The van der Waals surface area contributed by atoms with Crippen molar-refractivity contribution in [2.75, 3.05) is 36.5 Å². The van der Waals surface area contributed by atoms with Gasteiger partial charge in [-0.3, -0.25) is 0 Å². The van der Waals surface area contributed by atoms with Crippen molar-refractivity contribution in [3.05, 3.63) is 0 Å². The molecule has 1 aromatic rings. The molecule has 1 saturated heterocycles. The highest BCUT2D eigenvalue weighted by atomic mass is 32.2. The zero-order valence-corrected chi connectivity index (χ0v) is 11.1. The summed E-state index contributed by atoms with van der Waals surface area (Å²) in [5, 5.41) is 3.77. The van der Waals surface area contributed by atoms with Gasteiger partial charge >= 0.3 is 0 Å². The lowest BCUT2D eigenvalue weighted by atomic mass is 9.97. The van der Waals surface area contributed by atoms with Crippen LogP contribution in [0.3, 0.4) is 0 Å². The third kappa shape index (κ3) is 2.44. The van der Waals surface area contributed by atoms with Crippen LogP contribution in [-0.4, -0.2) is 39.5 Å². The second-order valence-electron chi connectivity index (χ2n) is 4.64. The lowest BCUT2D eigenvalue weighted by molar-refractivity contribution is 0.399. The van der Waals surface area contributed by atoms with E-state index in [1.807, 2.05) is 4.90 Å². The number of sulfone groups is 1. The molecule has 18 heavy (non-hydrogen) atoms. The molecule has 1 aliphatic rings. The van der Waals surface area contributed by atoms with Crippen molar-refractivity contribution in [2.45, 2.75) is 17.7 Å². The molecule has 1 aromatic heterocycles. The van der Waals surface area contributed by atoms with Gasteiger partial charge < -0.3 is 20.9 Å². The predicted octanol–water partition coefficient (Wildman–Crippen LogP) is -0.165. The van der Waals surface area contributed by atoms with Crippen LogP contribution in [0.4, 0.5) is 11.7 Å². The molecule has 1 fully saturated rings. The molecular weight excluding hydrogens is 256 g/mol. The highest BCUT2D eigenvalue weighted by molar-refractivity contribution is 7.91. The van der Waals surface area contributed by atoms with E-state index in [0.29, 0.717) is 18.3 Å². The molecule has 2 heterocycles. The van der Waals surface area contributed by atoms with Gasteiger partial charge in [0.1, 0.15) is 0 Å². The molecule has 7 nitrogen and oxygen atoms in total. The number of aromatic nitrogens is 1. The monoisotopic (exact) mass is 274 g/mol. The van der Waals surface area contributed by atoms with Crippen LogP contribution in [0.15, 0.2) is 9.42 Å². The molecule has 0 aliphatic carbocycles. The van der Waals surface area contributed by atoms with Crippen LogP contribution in [0.5, 0.6) is 0 Å². The van der Waals surface area contributed by atoms with Crippen molar-refractivity contribution >= 4 is 21.5 Å². The minimum Gasteiger partial charge on any atom is -0.366 e. The molecule has 2 rings (SSSR count). The van der Waals surface area contributed by atoms with Gasteiger partial charge in [-0.25, -0.2) is 8.42 Å². The van der Waals surface area contributed by atoms with Gasteiger partial charge in [0.25, 0.3) is 0 Å². The van der Waals surface area contributed by atoms with E-state index in [1.54, 1.807) is 0 Å². The Labute approximate surface area is 106 Å². The summed E-state index contributed by atoms with van der Waals surface area (Å²) >= 11 is 0. The van der Waals surface area contributed by atoms with Crippen LogP contribution >= 0.6 is 0 Å². The van der Waals surface area contributed by atoms with Gasteiger partial charge in [-0.2, -0.15) is 0 Å². The summed E-state index contributed by atoms with van der Waals surface area (Å²) in [7, 11) is -3.44. The number of nitrogen functional groups attached to an aromatic ring is 1. The van der Waals surface area contributed by atoms with Crippen molar-refractivity contribution < 1.29 is 12.9 Å². The third-order valence-electron chi connectivity index (χ3n) is 3.28. The predicted molar refractivity (Wildman–Crippen MR) is 68.0 cm³/mol. The molecule has 0 atom stereocenters. The van der Waals surface area contributed by atoms with Crippen molar-refractivity contribution in [1.29, 1.82) is 0 Å². The van der Waals surface area contributed by atoms with Gasteiger partial charge in [0.15, 0.2) is 20.6 Å². The zero-order chi connectivity index (χ0) is 13.3. The first-order valence-corrected chi connectivity index (χ1v) is 7.73. The minimum absolute atomic E-state index is 0.00583. The molecule has 0 saturated carbocycles. The first kappa shape index (κ1) is 13.2. The maximum Gasteiger partial charge on any atom is 0.243 e. The molecule has 4 N–H and O–H groups in total. The number of hydrogen-bond acceptors (Lipinski definition) is 7. The van der Waals surface area contributed by atoms with Gasteiger partial charge in [-0.1, -0.05) is 5.16 Å². The number of anilines is 2. The summed E-state index contributed by atoms with van der Waals surface area (Å²) in [4.78, 5) is 1.89. The average Bonchev–Trinajstić information content (AvgIpc) is 2.71. The Kier molecular flexibility index (Phi) is 3.49. The molecule has 0 amide bonds. The van der Waals surface area contributed by atoms with Crippen molar-refractivity contribution in [2.24, 2.45) is 11.7 Å². The van der Waals surface area contributed by atoms with Crippen molar-refractivity contribution in [3.8, 4) is 0 Å². The quantitative estimate of drug-likeness (QED) is 0.786. The summed E-state index contributed by atoms with van der Waals surface area (Å²) in [6.45, 7) is 2.10. The molecule has 102 valence electrons. The first-order chi connectivity index (χ1) is 8.43. The summed E-state index contributed by atoms with van der Waals surface area (Å²) in [6.07, 6.45) is 2.95. The van der Waals surface area contributed by atoms with Gasteiger partial charge in [-0.15, -0.1) is 0 Å². The summed E-state index contributed by atoms with van der Waals surface area (Å²) in [5.74, 6) is 0.672. The van der Waals surface area contributed by atoms with Gasteiger partial charge in [0, 0.05) is 19.3 Å². The van der Waals surface area contributed by atoms with E-state index in [2.05, 4.69) is 5.16 Å². The first-order valence-electron chi connectivity index (χ1n) is 5.83. The van der Waals surface area contributed by atoms with Crippen LogP contribution in [-0.2, 0) is 9.84 Å². The molecule has 0 unspecified atom stereocenters. The highest BCUT2D eigenvalue weighted by Gasteiger charge is 2.29. The number of rotatable bonds is 3. The molecule has 0 radical (unpaired) electrons. The Hall–Kier alpha value is -1.28. The second kappa shape index (κ2) is 4.77. The highest BCUT2D eigenvalue weighted by Crippen LogP contribution is 2.32. The molecule has 1 aliphatic heterocycles. The lowest BCUT2D eigenvalue weighted by Crippen LogP contribution is -2.36. The van der Waals surface area contributed by atoms with Crippen LogP contribution in [0.2, 0.25) is 0 Å². The number of hydrogen-bond donors (Lipinski definition) is 2. The fourth-order valence-corrected chi connectivity index (χ4v) is 3.12. The number of piperidine rings is 1. The van der Waals surface area contributed by atoms with Crippen LogP contribution in [0.1, 0.15) is 12.8 Å². The lowest BCUT2D eigenvalue weighted by Gasteiger charge is -2.31. The Morgan fingerprint density at radius 1 is 1.44 bits per heavy atom. The van der Waals surface area contributed by atoms with E-state index in [1.165, 1.54) is 0 Å². The standard InChI is InChI=1S/C10H18N4O3S/c1-18(15,16)8-9(12)17-13-10(8)14-4-2-7(6-11)3-5-14/h7H,2-6,11-12H2,1H3. The number of nitrogens with two attached hydrogens (primary N) is 2. The Bertz CT molecular complexity index is 517. The minimum atomic E-state index is -3.44. The summed E-state index contributed by atoms with van der Waals surface area (Å²) < 4.78 is 28.2. The van der Waals surface area contributed by atoms with E-state index in [9.17, 15) is 8.42 Å². The third-order valence-corrected chi connectivity index (χ3v) is 4.40. The Morgan fingerprint density at radius 3 is 2.56 bits per heavy atom. The zero-order valence-electron chi connectivity index (χ0n) is 10.3. The molecule has 8 heteroatoms. The van der Waals surface area contributed by atoms with Crippen LogP contribution in [0, 0.1) is 5.92 Å². The Morgan fingerprint density at radius 2 is 2.06 bits per heavy atom. The molecule has 0 aromatic carbocycles. The molecule has 0 spiro atoms. The van der Waals surface area contributed by atoms with E-state index < -0.39 is 9.84 Å². The topological polar surface area (TPSA) is 115 Å². The van der Waals surface area contributed by atoms with E-state index in [4.69, 9.17) is 16.0 Å². The van der Waals surface area contributed by atoms with Crippen molar-refractivity contribution in [1.82, 2.24) is 5.16 Å². The van der Waals surface area contributed by atoms with E-state index >= 15 is 0 Å². The smallest absolute Gasteiger partial charge is 0.243 e.